The first-order chi connectivity index (χ1) is 13.2. The van der Waals surface area contributed by atoms with E-state index in [2.05, 4.69) is 17.2 Å². The molecule has 27 heavy (non-hydrogen) atoms. The molecule has 0 fully saturated rings. The molecule has 0 radical (unpaired) electrons. The Balaban J connectivity index is 1.52. The quantitative estimate of drug-likeness (QED) is 0.464. The van der Waals surface area contributed by atoms with Crippen LogP contribution in [0, 0.1) is 0 Å². The average molecular weight is 378 g/mol. The van der Waals surface area contributed by atoms with E-state index in [1.165, 1.54) is 11.3 Å². The molecule has 1 N–H and O–H groups in total. The number of thiophene rings is 1. The van der Waals surface area contributed by atoms with Gasteiger partial charge in [0.15, 0.2) is 0 Å². The molecule has 0 aliphatic rings. The summed E-state index contributed by atoms with van der Waals surface area (Å²) in [5.74, 6) is 1.50. The van der Waals surface area contributed by atoms with Gasteiger partial charge in [0.2, 0.25) is 0 Å². The zero-order chi connectivity index (χ0) is 18.6. The Morgan fingerprint density at radius 3 is 2.56 bits per heavy atom. The van der Waals surface area contributed by atoms with Gasteiger partial charge in [0.05, 0.1) is 5.39 Å². The van der Waals surface area contributed by atoms with Crippen LogP contribution in [-0.4, -0.2) is 4.98 Å². The molecule has 0 aliphatic heterocycles. The van der Waals surface area contributed by atoms with Crippen molar-refractivity contribution in [3.05, 3.63) is 76.0 Å². The van der Waals surface area contributed by atoms with Gasteiger partial charge in [-0.2, -0.15) is 4.98 Å². The molecule has 136 valence electrons. The standard InChI is InChI=1S/C21H18N2O3S/c1-2-6-17-13-18-19(27-17)23-21(26-20(18)24)22-14-9-11-16(12-10-14)25-15-7-4-3-5-8-15/h3-5,7-13H,2,6H2,1H3,(H,22,23). The third-order valence-corrected chi connectivity index (χ3v) is 5.05. The summed E-state index contributed by atoms with van der Waals surface area (Å²) >= 11 is 1.53. The number of nitrogens with one attached hydrogen (secondary N) is 1. The number of ether oxygens (including phenoxy) is 1. The number of benzene rings is 2. The minimum absolute atomic E-state index is 0.189. The van der Waals surface area contributed by atoms with Crippen molar-refractivity contribution in [3.63, 3.8) is 0 Å². The number of hydrogen-bond donors (Lipinski definition) is 1. The van der Waals surface area contributed by atoms with E-state index in [0.717, 1.165) is 34.9 Å². The normalized spacial score (nSPS) is 10.9. The molecule has 0 saturated carbocycles. The lowest BCUT2D eigenvalue weighted by molar-refractivity contribution is 0.482. The highest BCUT2D eigenvalue weighted by atomic mass is 32.1. The number of rotatable bonds is 6. The summed E-state index contributed by atoms with van der Waals surface area (Å²) in [6.45, 7) is 2.11. The van der Waals surface area contributed by atoms with Crippen molar-refractivity contribution in [1.82, 2.24) is 4.98 Å². The largest absolute Gasteiger partial charge is 0.457 e. The summed E-state index contributed by atoms with van der Waals surface area (Å²) in [5.41, 5.74) is 0.390. The molecule has 2 aromatic heterocycles. The van der Waals surface area contributed by atoms with Crippen molar-refractivity contribution in [2.45, 2.75) is 19.8 Å². The summed E-state index contributed by atoms with van der Waals surface area (Å²) in [7, 11) is 0. The number of hydrogen-bond acceptors (Lipinski definition) is 6. The molecule has 2 aromatic carbocycles. The van der Waals surface area contributed by atoms with Crippen LogP contribution in [0.25, 0.3) is 10.2 Å². The second-order valence-corrected chi connectivity index (χ2v) is 7.17. The minimum Gasteiger partial charge on any atom is -0.457 e. The Kier molecular flexibility index (Phi) is 4.89. The van der Waals surface area contributed by atoms with E-state index >= 15 is 0 Å². The highest BCUT2D eigenvalue weighted by molar-refractivity contribution is 7.18. The fraction of sp³-hybridized carbons (Fsp3) is 0.143. The Bertz CT molecular complexity index is 1100. The van der Waals surface area contributed by atoms with Gasteiger partial charge >= 0.3 is 11.6 Å². The molecular weight excluding hydrogens is 360 g/mol. The van der Waals surface area contributed by atoms with E-state index in [-0.39, 0.29) is 11.6 Å². The maximum absolute atomic E-state index is 12.2. The predicted octanol–water partition coefficient (Wildman–Crippen LogP) is 5.74. The van der Waals surface area contributed by atoms with Gasteiger partial charge in [-0.05, 0) is 48.9 Å². The molecule has 2 heterocycles. The second kappa shape index (κ2) is 7.63. The maximum atomic E-state index is 12.2. The van der Waals surface area contributed by atoms with E-state index in [9.17, 15) is 4.79 Å². The van der Waals surface area contributed by atoms with Crippen molar-refractivity contribution < 1.29 is 9.15 Å². The van der Waals surface area contributed by atoms with E-state index in [1.807, 2.05) is 60.7 Å². The molecule has 4 aromatic rings. The van der Waals surface area contributed by atoms with E-state index < -0.39 is 0 Å². The molecule has 4 rings (SSSR count). The molecule has 0 spiro atoms. The van der Waals surface area contributed by atoms with Gasteiger partial charge in [0, 0.05) is 10.6 Å². The summed E-state index contributed by atoms with van der Waals surface area (Å²) in [4.78, 5) is 18.5. The topological polar surface area (TPSA) is 64.4 Å². The summed E-state index contributed by atoms with van der Waals surface area (Å²) in [5, 5.41) is 3.58. The zero-order valence-electron chi connectivity index (χ0n) is 14.8. The summed E-state index contributed by atoms with van der Waals surface area (Å²) < 4.78 is 11.1. The smallest absolute Gasteiger partial charge is 0.349 e. The Labute approximate surface area is 160 Å². The van der Waals surface area contributed by atoms with Gasteiger partial charge in [-0.15, -0.1) is 11.3 Å². The van der Waals surface area contributed by atoms with Crippen molar-refractivity contribution in [1.29, 1.82) is 0 Å². The number of anilines is 2. The van der Waals surface area contributed by atoms with Crippen LogP contribution in [-0.2, 0) is 6.42 Å². The van der Waals surface area contributed by atoms with Crippen molar-refractivity contribution in [2.24, 2.45) is 0 Å². The van der Waals surface area contributed by atoms with E-state index in [4.69, 9.17) is 9.15 Å². The van der Waals surface area contributed by atoms with Gasteiger partial charge in [-0.1, -0.05) is 31.5 Å². The highest BCUT2D eigenvalue weighted by Crippen LogP contribution is 2.26. The monoisotopic (exact) mass is 378 g/mol. The Morgan fingerprint density at radius 1 is 1.07 bits per heavy atom. The number of aryl methyl sites for hydroxylation is 1. The molecule has 0 amide bonds. The third kappa shape index (κ3) is 4.01. The van der Waals surface area contributed by atoms with Crippen LogP contribution in [0.3, 0.4) is 0 Å². The number of aromatic nitrogens is 1. The SMILES string of the molecule is CCCc1cc2c(=O)oc(Nc3ccc(Oc4ccccc4)cc3)nc2s1. The number of para-hydroxylation sites is 1. The molecule has 0 bridgehead atoms. The van der Waals surface area contributed by atoms with Crippen molar-refractivity contribution in [3.8, 4) is 11.5 Å². The van der Waals surface area contributed by atoms with E-state index in [0.29, 0.717) is 10.2 Å². The minimum atomic E-state index is -0.370. The summed E-state index contributed by atoms with van der Waals surface area (Å²) in [6, 6.07) is 19.0. The first-order valence-corrected chi connectivity index (χ1v) is 9.56. The van der Waals surface area contributed by atoms with Crippen LogP contribution >= 0.6 is 11.3 Å². The molecule has 6 heteroatoms. The molecule has 0 atom stereocenters. The fourth-order valence-electron chi connectivity index (χ4n) is 2.70. The van der Waals surface area contributed by atoms with E-state index in [1.54, 1.807) is 0 Å². The lowest BCUT2D eigenvalue weighted by atomic mass is 10.3. The fourth-order valence-corrected chi connectivity index (χ4v) is 3.81. The predicted molar refractivity (Wildman–Crippen MR) is 108 cm³/mol. The van der Waals surface area contributed by atoms with Gasteiger partial charge < -0.3 is 14.5 Å². The first kappa shape index (κ1) is 17.3. The molecular formula is C21H18N2O3S. The van der Waals surface area contributed by atoms with Gasteiger partial charge in [0.1, 0.15) is 16.3 Å². The number of nitrogens with zero attached hydrogens (tertiary/aromatic N) is 1. The van der Waals surface area contributed by atoms with Gasteiger partial charge in [-0.25, -0.2) is 4.79 Å². The Hall–Kier alpha value is -3.12. The lowest BCUT2D eigenvalue weighted by Crippen LogP contribution is -2.03. The molecule has 0 saturated heterocycles. The first-order valence-electron chi connectivity index (χ1n) is 8.75. The average Bonchev–Trinajstić information content (AvgIpc) is 3.08. The van der Waals surface area contributed by atoms with Crippen LogP contribution in [0.2, 0.25) is 0 Å². The molecule has 0 aliphatic carbocycles. The highest BCUT2D eigenvalue weighted by Gasteiger charge is 2.11. The number of fused-ring (bicyclic) bond motifs is 1. The lowest BCUT2D eigenvalue weighted by Gasteiger charge is -2.07. The summed E-state index contributed by atoms with van der Waals surface area (Å²) in [6.07, 6.45) is 1.97. The maximum Gasteiger partial charge on any atom is 0.349 e. The second-order valence-electron chi connectivity index (χ2n) is 6.05. The van der Waals surface area contributed by atoms with Crippen LogP contribution in [0.5, 0.6) is 11.5 Å². The molecule has 0 unspecified atom stereocenters. The third-order valence-electron chi connectivity index (χ3n) is 3.96. The van der Waals surface area contributed by atoms with Crippen molar-refractivity contribution in [2.75, 3.05) is 5.32 Å². The van der Waals surface area contributed by atoms with Crippen LogP contribution in [0.4, 0.5) is 11.7 Å². The van der Waals surface area contributed by atoms with Crippen molar-refractivity contribution >= 4 is 33.3 Å². The molecule has 5 nitrogen and oxygen atoms in total. The van der Waals surface area contributed by atoms with Crippen LogP contribution in [0.15, 0.2) is 69.9 Å². The Morgan fingerprint density at radius 2 is 1.81 bits per heavy atom. The van der Waals surface area contributed by atoms with Gasteiger partial charge in [0.25, 0.3) is 0 Å². The zero-order valence-corrected chi connectivity index (χ0v) is 15.6. The van der Waals surface area contributed by atoms with Gasteiger partial charge in [-0.3, -0.25) is 0 Å². The van der Waals surface area contributed by atoms with Crippen LogP contribution < -0.4 is 15.7 Å². The van der Waals surface area contributed by atoms with Crippen LogP contribution in [0.1, 0.15) is 18.2 Å².